The molecule has 0 spiro atoms. The van der Waals surface area contributed by atoms with Crippen molar-refractivity contribution in [2.24, 2.45) is 0 Å². The standard InChI is InChI=1S/C13H14ClN3O4/c1-8(18)15-9-5-6-16(7-9)13(19)10-3-2-4-11(14)12(10)17(20)21/h2-4,9H,5-7H2,1H3,(H,15,18). The van der Waals surface area contributed by atoms with E-state index in [1.165, 1.54) is 30.0 Å². The molecule has 1 atom stereocenters. The molecule has 1 aliphatic heterocycles. The van der Waals surface area contributed by atoms with Gasteiger partial charge in [0.2, 0.25) is 5.91 Å². The first-order valence-electron chi connectivity index (χ1n) is 6.39. The topological polar surface area (TPSA) is 92.6 Å². The number of nitro groups is 1. The monoisotopic (exact) mass is 311 g/mol. The van der Waals surface area contributed by atoms with Crippen LogP contribution in [0, 0.1) is 10.1 Å². The summed E-state index contributed by atoms with van der Waals surface area (Å²) >= 11 is 5.80. The highest BCUT2D eigenvalue weighted by Gasteiger charge is 2.32. The van der Waals surface area contributed by atoms with Crippen LogP contribution in [-0.2, 0) is 4.79 Å². The summed E-state index contributed by atoms with van der Waals surface area (Å²) in [6.07, 6.45) is 0.625. The van der Waals surface area contributed by atoms with Gasteiger partial charge in [0.1, 0.15) is 10.6 Å². The number of carbonyl (C=O) groups excluding carboxylic acids is 2. The van der Waals surface area contributed by atoms with Crippen LogP contribution in [0.2, 0.25) is 5.02 Å². The second kappa shape index (κ2) is 6.09. The van der Waals surface area contributed by atoms with Gasteiger partial charge in [-0.2, -0.15) is 0 Å². The van der Waals surface area contributed by atoms with Crippen LogP contribution in [0.25, 0.3) is 0 Å². The number of likely N-dealkylation sites (tertiary alicyclic amines) is 1. The van der Waals surface area contributed by atoms with Crippen molar-refractivity contribution in [2.45, 2.75) is 19.4 Å². The largest absolute Gasteiger partial charge is 0.352 e. The molecule has 0 radical (unpaired) electrons. The second-order valence-corrected chi connectivity index (χ2v) is 5.24. The predicted molar refractivity (Wildman–Crippen MR) is 76.2 cm³/mol. The van der Waals surface area contributed by atoms with E-state index < -0.39 is 10.8 Å². The van der Waals surface area contributed by atoms with Crippen LogP contribution in [0.3, 0.4) is 0 Å². The Balaban J connectivity index is 2.20. The van der Waals surface area contributed by atoms with E-state index in [0.717, 1.165) is 0 Å². The maximum atomic E-state index is 12.4. The predicted octanol–water partition coefficient (Wildman–Crippen LogP) is 1.60. The molecule has 2 rings (SSSR count). The Morgan fingerprint density at radius 2 is 2.19 bits per heavy atom. The normalized spacial score (nSPS) is 17.6. The van der Waals surface area contributed by atoms with Gasteiger partial charge in [-0.15, -0.1) is 0 Å². The number of hydrogen-bond acceptors (Lipinski definition) is 4. The number of nitrogens with zero attached hydrogens (tertiary/aromatic N) is 2. The molecule has 112 valence electrons. The summed E-state index contributed by atoms with van der Waals surface area (Å²) in [6.45, 7) is 2.18. The maximum Gasteiger partial charge on any atom is 0.300 e. The van der Waals surface area contributed by atoms with E-state index in [0.29, 0.717) is 19.5 Å². The third-order valence-electron chi connectivity index (χ3n) is 3.28. The van der Waals surface area contributed by atoms with E-state index in [9.17, 15) is 19.7 Å². The Morgan fingerprint density at radius 1 is 1.48 bits per heavy atom. The summed E-state index contributed by atoms with van der Waals surface area (Å²) in [5.74, 6) is -0.611. The van der Waals surface area contributed by atoms with Crippen molar-refractivity contribution < 1.29 is 14.5 Å². The van der Waals surface area contributed by atoms with Crippen LogP contribution >= 0.6 is 11.6 Å². The highest BCUT2D eigenvalue weighted by molar-refractivity contribution is 6.33. The number of hydrogen-bond donors (Lipinski definition) is 1. The van der Waals surface area contributed by atoms with E-state index in [-0.39, 0.29) is 28.2 Å². The number of benzene rings is 1. The Hall–Kier alpha value is -2.15. The van der Waals surface area contributed by atoms with Crippen LogP contribution in [0.1, 0.15) is 23.7 Å². The fourth-order valence-electron chi connectivity index (χ4n) is 2.39. The number of para-hydroxylation sites is 1. The molecule has 1 heterocycles. The van der Waals surface area contributed by atoms with Crippen molar-refractivity contribution in [3.63, 3.8) is 0 Å². The molecule has 1 saturated heterocycles. The Bertz CT molecular complexity index is 605. The van der Waals surface area contributed by atoms with Gasteiger partial charge in [0.25, 0.3) is 5.91 Å². The lowest BCUT2D eigenvalue weighted by molar-refractivity contribution is -0.385. The number of carbonyl (C=O) groups is 2. The van der Waals surface area contributed by atoms with Crippen LogP contribution in [0.15, 0.2) is 18.2 Å². The Kier molecular flexibility index (Phi) is 4.42. The molecular formula is C13H14ClN3O4. The molecule has 1 fully saturated rings. The highest BCUT2D eigenvalue weighted by Crippen LogP contribution is 2.29. The lowest BCUT2D eigenvalue weighted by Crippen LogP contribution is -2.37. The Labute approximate surface area is 126 Å². The van der Waals surface area contributed by atoms with E-state index in [1.54, 1.807) is 0 Å². The summed E-state index contributed by atoms with van der Waals surface area (Å²) < 4.78 is 0. The molecule has 0 bridgehead atoms. The van der Waals surface area contributed by atoms with Gasteiger partial charge in [0.15, 0.2) is 0 Å². The first kappa shape index (κ1) is 15.2. The Morgan fingerprint density at radius 3 is 2.81 bits per heavy atom. The zero-order valence-electron chi connectivity index (χ0n) is 11.3. The molecule has 1 aromatic rings. The van der Waals surface area contributed by atoms with Crippen LogP contribution in [-0.4, -0.2) is 40.8 Å². The minimum absolute atomic E-state index is 0.0315. The van der Waals surface area contributed by atoms with E-state index in [1.807, 2.05) is 0 Å². The maximum absolute atomic E-state index is 12.4. The van der Waals surface area contributed by atoms with Crippen molar-refractivity contribution >= 4 is 29.1 Å². The van der Waals surface area contributed by atoms with Gasteiger partial charge in [-0.1, -0.05) is 17.7 Å². The lowest BCUT2D eigenvalue weighted by atomic mass is 10.1. The minimum Gasteiger partial charge on any atom is -0.352 e. The van der Waals surface area contributed by atoms with E-state index in [2.05, 4.69) is 5.32 Å². The van der Waals surface area contributed by atoms with Gasteiger partial charge < -0.3 is 10.2 Å². The third kappa shape index (κ3) is 3.30. The number of halogens is 1. The van der Waals surface area contributed by atoms with Crippen LogP contribution in [0.5, 0.6) is 0 Å². The van der Waals surface area contributed by atoms with Crippen molar-refractivity contribution in [1.82, 2.24) is 10.2 Å². The van der Waals surface area contributed by atoms with Gasteiger partial charge in [0.05, 0.1) is 4.92 Å². The number of amides is 2. The summed E-state index contributed by atoms with van der Waals surface area (Å²) in [5.41, 5.74) is -0.414. The van der Waals surface area contributed by atoms with E-state index >= 15 is 0 Å². The van der Waals surface area contributed by atoms with Crippen molar-refractivity contribution in [2.75, 3.05) is 13.1 Å². The molecule has 1 unspecified atom stereocenters. The first-order valence-corrected chi connectivity index (χ1v) is 6.77. The lowest BCUT2D eigenvalue weighted by Gasteiger charge is -2.17. The third-order valence-corrected chi connectivity index (χ3v) is 3.59. The molecule has 7 nitrogen and oxygen atoms in total. The molecule has 0 aromatic heterocycles. The van der Waals surface area contributed by atoms with Gasteiger partial charge in [0, 0.05) is 26.1 Å². The molecule has 21 heavy (non-hydrogen) atoms. The molecule has 0 saturated carbocycles. The molecule has 8 heteroatoms. The van der Waals surface area contributed by atoms with Crippen LogP contribution < -0.4 is 5.32 Å². The summed E-state index contributed by atoms with van der Waals surface area (Å²) in [5, 5.41) is 13.7. The van der Waals surface area contributed by atoms with Crippen molar-refractivity contribution in [3.8, 4) is 0 Å². The van der Waals surface area contributed by atoms with Crippen LogP contribution in [0.4, 0.5) is 5.69 Å². The highest BCUT2D eigenvalue weighted by atomic mass is 35.5. The summed E-state index contributed by atoms with van der Waals surface area (Å²) in [6, 6.07) is 4.15. The first-order chi connectivity index (χ1) is 9.90. The summed E-state index contributed by atoms with van der Waals surface area (Å²) in [7, 11) is 0. The average molecular weight is 312 g/mol. The fraction of sp³-hybridized carbons (Fsp3) is 0.385. The molecule has 1 aliphatic rings. The van der Waals surface area contributed by atoms with Gasteiger partial charge in [-0.05, 0) is 18.6 Å². The molecule has 1 aromatic carbocycles. The summed E-state index contributed by atoms with van der Waals surface area (Å²) in [4.78, 5) is 35.3. The number of nitrogens with one attached hydrogen (secondary N) is 1. The van der Waals surface area contributed by atoms with Gasteiger partial charge in [-0.3, -0.25) is 19.7 Å². The average Bonchev–Trinajstić information content (AvgIpc) is 2.84. The minimum atomic E-state index is -0.656. The fourth-order valence-corrected chi connectivity index (χ4v) is 2.64. The zero-order chi connectivity index (χ0) is 15.6. The van der Waals surface area contributed by atoms with Crippen molar-refractivity contribution in [3.05, 3.63) is 38.9 Å². The molecule has 1 N–H and O–H groups in total. The van der Waals surface area contributed by atoms with Crippen molar-refractivity contribution in [1.29, 1.82) is 0 Å². The molecular weight excluding hydrogens is 298 g/mol. The van der Waals surface area contributed by atoms with Gasteiger partial charge >= 0.3 is 5.69 Å². The second-order valence-electron chi connectivity index (χ2n) is 4.83. The quantitative estimate of drug-likeness (QED) is 0.678. The number of rotatable bonds is 3. The molecule has 2 amide bonds. The smallest absolute Gasteiger partial charge is 0.300 e. The number of nitro benzene ring substituents is 1. The SMILES string of the molecule is CC(=O)NC1CCN(C(=O)c2cccc(Cl)c2[N+](=O)[O-])C1. The zero-order valence-corrected chi connectivity index (χ0v) is 12.1. The van der Waals surface area contributed by atoms with Gasteiger partial charge in [-0.25, -0.2) is 0 Å². The molecule has 0 aliphatic carbocycles. The van der Waals surface area contributed by atoms with E-state index in [4.69, 9.17) is 11.6 Å².